The summed E-state index contributed by atoms with van der Waals surface area (Å²) in [6.07, 6.45) is 0. The van der Waals surface area contributed by atoms with Crippen molar-refractivity contribution in [3.8, 4) is 0 Å². The lowest BCUT2D eigenvalue weighted by atomic mass is 10.1. The van der Waals surface area contributed by atoms with Crippen LogP contribution >= 0.6 is 0 Å². The number of ketones is 1. The lowest BCUT2D eigenvalue weighted by molar-refractivity contribution is -0.137. The third kappa shape index (κ3) is 3.77. The van der Waals surface area contributed by atoms with Gasteiger partial charge in [0.05, 0.1) is 11.3 Å². The first-order chi connectivity index (χ1) is 12.8. The Balaban J connectivity index is 1.68. The number of hydrogen-bond acceptors (Lipinski definition) is 4. The molecule has 3 rings (SSSR count). The van der Waals surface area contributed by atoms with Crippen LogP contribution in [0.5, 0.6) is 0 Å². The van der Waals surface area contributed by atoms with Crippen LogP contribution in [0, 0.1) is 20.8 Å². The molecule has 2 heterocycles. The average molecular weight is 368 g/mol. The molecule has 0 aliphatic carbocycles. The van der Waals surface area contributed by atoms with E-state index in [2.05, 4.69) is 5.10 Å². The van der Waals surface area contributed by atoms with Crippen LogP contribution in [-0.2, 0) is 16.1 Å². The molecule has 0 saturated carbocycles. The molecule has 0 unspecified atom stereocenters. The molecule has 0 N–H and O–H groups in total. The van der Waals surface area contributed by atoms with Crippen LogP contribution in [0.1, 0.15) is 34.2 Å². The van der Waals surface area contributed by atoms with E-state index >= 15 is 0 Å². The van der Waals surface area contributed by atoms with Crippen LogP contribution in [-0.4, -0.2) is 51.9 Å². The molecule has 2 aromatic rings. The van der Waals surface area contributed by atoms with Gasteiger partial charge in [-0.2, -0.15) is 5.10 Å². The molecule has 0 radical (unpaired) electrons. The Morgan fingerprint density at radius 2 is 1.74 bits per heavy atom. The Hall–Kier alpha value is -2.96. The van der Waals surface area contributed by atoms with Gasteiger partial charge in [0.2, 0.25) is 11.8 Å². The Morgan fingerprint density at radius 1 is 1.07 bits per heavy atom. The second-order valence-electron chi connectivity index (χ2n) is 6.96. The van der Waals surface area contributed by atoms with Crippen molar-refractivity contribution in [2.45, 2.75) is 34.2 Å². The minimum absolute atomic E-state index is 0.0256. The SMILES string of the molecule is CC(=O)c1c(C)nn(CC(=O)N2CCN(c3ccc(C)cc3)C(=O)C2)c1C. The summed E-state index contributed by atoms with van der Waals surface area (Å²) in [7, 11) is 0. The van der Waals surface area contributed by atoms with Crippen molar-refractivity contribution in [3.63, 3.8) is 0 Å². The van der Waals surface area contributed by atoms with Gasteiger partial charge in [-0.25, -0.2) is 0 Å². The fourth-order valence-corrected chi connectivity index (χ4v) is 3.47. The number of aryl methyl sites for hydroxylation is 2. The molecule has 1 aliphatic rings. The zero-order valence-electron chi connectivity index (χ0n) is 16.2. The molecule has 2 amide bonds. The predicted octanol–water partition coefficient (Wildman–Crippen LogP) is 1.89. The summed E-state index contributed by atoms with van der Waals surface area (Å²) in [4.78, 5) is 40.2. The highest BCUT2D eigenvalue weighted by Gasteiger charge is 2.28. The molecule has 7 heteroatoms. The lowest BCUT2D eigenvalue weighted by Gasteiger charge is -2.34. The van der Waals surface area contributed by atoms with E-state index in [1.165, 1.54) is 6.92 Å². The van der Waals surface area contributed by atoms with Crippen LogP contribution in [0.2, 0.25) is 0 Å². The summed E-state index contributed by atoms with van der Waals surface area (Å²) in [5, 5.41) is 4.31. The minimum Gasteiger partial charge on any atom is -0.330 e. The Kier molecular flexibility index (Phi) is 5.12. The number of nitrogens with zero attached hydrogens (tertiary/aromatic N) is 4. The monoisotopic (exact) mass is 368 g/mol. The molecule has 1 saturated heterocycles. The highest BCUT2D eigenvalue weighted by Crippen LogP contribution is 2.19. The highest BCUT2D eigenvalue weighted by atomic mass is 16.2. The van der Waals surface area contributed by atoms with Gasteiger partial charge in [-0.1, -0.05) is 17.7 Å². The third-order valence-electron chi connectivity index (χ3n) is 4.94. The van der Waals surface area contributed by atoms with Crippen LogP contribution < -0.4 is 4.90 Å². The Bertz CT molecular complexity index is 899. The summed E-state index contributed by atoms with van der Waals surface area (Å²) in [5.74, 6) is -0.338. The van der Waals surface area contributed by atoms with Gasteiger partial charge in [-0.05, 0) is 39.8 Å². The van der Waals surface area contributed by atoms with Crippen LogP contribution in [0.15, 0.2) is 24.3 Å². The number of rotatable bonds is 4. The van der Waals surface area contributed by atoms with E-state index in [9.17, 15) is 14.4 Å². The first-order valence-corrected chi connectivity index (χ1v) is 8.97. The van der Waals surface area contributed by atoms with Crippen molar-refractivity contribution in [2.75, 3.05) is 24.5 Å². The number of anilines is 1. The number of piperazine rings is 1. The molecule has 1 aromatic heterocycles. The quantitative estimate of drug-likeness (QED) is 0.773. The van der Waals surface area contributed by atoms with Crippen LogP contribution in [0.4, 0.5) is 5.69 Å². The molecular weight excluding hydrogens is 344 g/mol. The molecule has 1 aromatic carbocycles. The second kappa shape index (κ2) is 7.34. The Labute approximate surface area is 158 Å². The minimum atomic E-state index is -0.174. The van der Waals surface area contributed by atoms with E-state index in [0.717, 1.165) is 11.3 Å². The maximum Gasteiger partial charge on any atom is 0.246 e. The number of hydrogen-bond donors (Lipinski definition) is 0. The van der Waals surface area contributed by atoms with Gasteiger partial charge in [0.15, 0.2) is 5.78 Å². The summed E-state index contributed by atoms with van der Waals surface area (Å²) in [6.45, 7) is 8.04. The largest absolute Gasteiger partial charge is 0.330 e. The normalized spacial score (nSPS) is 14.6. The van der Waals surface area contributed by atoms with Gasteiger partial charge < -0.3 is 9.80 Å². The summed E-state index contributed by atoms with van der Waals surface area (Å²) >= 11 is 0. The summed E-state index contributed by atoms with van der Waals surface area (Å²) in [6, 6.07) is 7.78. The number of Topliss-reactive ketones (excluding diaryl/α,β-unsaturated/α-hetero) is 1. The van der Waals surface area contributed by atoms with Crippen LogP contribution in [0.25, 0.3) is 0 Å². The van der Waals surface area contributed by atoms with E-state index in [4.69, 9.17) is 0 Å². The topological polar surface area (TPSA) is 75.5 Å². The molecule has 27 heavy (non-hydrogen) atoms. The molecule has 7 nitrogen and oxygen atoms in total. The highest BCUT2D eigenvalue weighted by molar-refractivity contribution is 5.98. The van der Waals surface area contributed by atoms with Gasteiger partial charge in [0.25, 0.3) is 0 Å². The molecule has 0 bridgehead atoms. The molecule has 142 valence electrons. The van der Waals surface area contributed by atoms with Gasteiger partial charge >= 0.3 is 0 Å². The number of amides is 2. The molecule has 0 atom stereocenters. The van der Waals surface area contributed by atoms with Crippen molar-refractivity contribution in [1.82, 2.24) is 14.7 Å². The first-order valence-electron chi connectivity index (χ1n) is 8.97. The fourth-order valence-electron chi connectivity index (χ4n) is 3.47. The van der Waals surface area contributed by atoms with Gasteiger partial charge in [-0.3, -0.25) is 19.1 Å². The maximum absolute atomic E-state index is 12.7. The van der Waals surface area contributed by atoms with Crippen LogP contribution in [0.3, 0.4) is 0 Å². The van der Waals surface area contributed by atoms with Gasteiger partial charge in [-0.15, -0.1) is 0 Å². The molecule has 1 fully saturated rings. The van der Waals surface area contributed by atoms with E-state index in [1.807, 2.05) is 31.2 Å². The molecule has 1 aliphatic heterocycles. The smallest absolute Gasteiger partial charge is 0.246 e. The summed E-state index contributed by atoms with van der Waals surface area (Å²) < 4.78 is 1.55. The van der Waals surface area contributed by atoms with Crippen molar-refractivity contribution in [3.05, 3.63) is 46.8 Å². The van der Waals surface area contributed by atoms with Crippen molar-refractivity contribution in [2.24, 2.45) is 0 Å². The van der Waals surface area contributed by atoms with Crippen molar-refractivity contribution >= 4 is 23.3 Å². The Morgan fingerprint density at radius 3 is 2.30 bits per heavy atom. The molecule has 0 spiro atoms. The maximum atomic E-state index is 12.7. The fraction of sp³-hybridized carbons (Fsp3) is 0.400. The number of carbonyl (C=O) groups is 3. The number of carbonyl (C=O) groups excluding carboxylic acids is 3. The predicted molar refractivity (Wildman–Crippen MR) is 102 cm³/mol. The zero-order chi connectivity index (χ0) is 19.7. The average Bonchev–Trinajstić information content (AvgIpc) is 2.89. The van der Waals surface area contributed by atoms with Crippen molar-refractivity contribution < 1.29 is 14.4 Å². The third-order valence-corrected chi connectivity index (χ3v) is 4.94. The standard InChI is InChI=1S/C20H24N4O3/c1-13-5-7-17(8-6-13)23-10-9-22(11-19(23)27)18(26)12-24-15(3)20(16(4)25)14(2)21-24/h5-8H,9-12H2,1-4H3. The van der Waals surface area contributed by atoms with Crippen molar-refractivity contribution in [1.29, 1.82) is 0 Å². The first kappa shape index (κ1) is 18.8. The second-order valence-corrected chi connectivity index (χ2v) is 6.96. The summed E-state index contributed by atoms with van der Waals surface area (Å²) in [5.41, 5.74) is 3.84. The lowest BCUT2D eigenvalue weighted by Crippen LogP contribution is -2.53. The van der Waals surface area contributed by atoms with Gasteiger partial charge in [0.1, 0.15) is 13.1 Å². The zero-order valence-corrected chi connectivity index (χ0v) is 16.2. The van der Waals surface area contributed by atoms with E-state index in [-0.39, 0.29) is 30.7 Å². The number of aromatic nitrogens is 2. The van der Waals surface area contributed by atoms with E-state index in [0.29, 0.717) is 30.0 Å². The van der Waals surface area contributed by atoms with Gasteiger partial charge in [0, 0.05) is 24.5 Å². The molecular formula is C20H24N4O3. The number of benzene rings is 1. The van der Waals surface area contributed by atoms with E-state index in [1.54, 1.807) is 28.3 Å². The van der Waals surface area contributed by atoms with E-state index < -0.39 is 0 Å².